The molecule has 0 saturated carbocycles. The molecule has 1 N–H and O–H groups in total. The Balaban J connectivity index is 1.46. The fraction of sp³-hybridized carbons (Fsp3) is 0.632. The number of amides is 1. The summed E-state index contributed by atoms with van der Waals surface area (Å²) in [6, 6.07) is 6.56. The van der Waals surface area contributed by atoms with Crippen molar-refractivity contribution in [1.82, 2.24) is 9.80 Å². The van der Waals surface area contributed by atoms with Crippen molar-refractivity contribution in [3.8, 4) is 0 Å². The minimum absolute atomic E-state index is 0.0544. The first-order valence-corrected chi connectivity index (χ1v) is 9.30. The molecule has 6 heteroatoms. The number of anilines is 1. The first kappa shape index (κ1) is 18.3. The van der Waals surface area contributed by atoms with Gasteiger partial charge in [0.15, 0.2) is 0 Å². The summed E-state index contributed by atoms with van der Waals surface area (Å²) in [5, 5.41) is 2.79. The van der Waals surface area contributed by atoms with E-state index in [-0.39, 0.29) is 11.7 Å². The summed E-state index contributed by atoms with van der Waals surface area (Å²) in [6.07, 6.45) is 4.10. The van der Waals surface area contributed by atoms with Crippen LogP contribution in [0.15, 0.2) is 24.3 Å². The van der Waals surface area contributed by atoms with Crippen LogP contribution >= 0.6 is 0 Å². The van der Waals surface area contributed by atoms with E-state index in [1.807, 2.05) is 0 Å². The second kappa shape index (κ2) is 9.27. The van der Waals surface area contributed by atoms with E-state index in [2.05, 4.69) is 15.1 Å². The standard InChI is InChI=1S/C19H28FN3O2/c20-16-4-3-5-17(14-16)21-19(24)7-9-23-8-2-1-6-18(23)15-22-10-12-25-13-11-22/h3-5,14,18H,1-2,6-13,15H2,(H,21,24). The molecule has 1 amide bonds. The number of nitrogens with one attached hydrogen (secondary N) is 1. The van der Waals surface area contributed by atoms with Crippen LogP contribution in [0.3, 0.4) is 0 Å². The first-order valence-electron chi connectivity index (χ1n) is 9.30. The highest BCUT2D eigenvalue weighted by Gasteiger charge is 2.25. The van der Waals surface area contributed by atoms with Crippen LogP contribution in [0, 0.1) is 5.82 Å². The van der Waals surface area contributed by atoms with E-state index < -0.39 is 0 Å². The van der Waals surface area contributed by atoms with Crippen molar-refractivity contribution in [3.63, 3.8) is 0 Å². The molecule has 2 heterocycles. The largest absolute Gasteiger partial charge is 0.379 e. The van der Waals surface area contributed by atoms with Gasteiger partial charge in [0.05, 0.1) is 13.2 Å². The summed E-state index contributed by atoms with van der Waals surface area (Å²) >= 11 is 0. The number of hydrogen-bond acceptors (Lipinski definition) is 4. The Bertz CT molecular complexity index is 563. The third kappa shape index (κ3) is 5.76. The van der Waals surface area contributed by atoms with Gasteiger partial charge in [0.25, 0.3) is 0 Å². The number of halogens is 1. The molecule has 0 radical (unpaired) electrons. The molecule has 25 heavy (non-hydrogen) atoms. The molecule has 2 fully saturated rings. The lowest BCUT2D eigenvalue weighted by molar-refractivity contribution is -0.116. The molecule has 138 valence electrons. The summed E-state index contributed by atoms with van der Waals surface area (Å²) < 4.78 is 18.6. The zero-order chi connectivity index (χ0) is 17.5. The molecule has 3 rings (SSSR count). The van der Waals surface area contributed by atoms with Gasteiger partial charge in [-0.3, -0.25) is 14.6 Å². The number of nitrogens with zero attached hydrogens (tertiary/aromatic N) is 2. The van der Waals surface area contributed by atoms with Gasteiger partial charge in [-0.05, 0) is 37.6 Å². The lowest BCUT2D eigenvalue weighted by atomic mass is 10.0. The van der Waals surface area contributed by atoms with Gasteiger partial charge in [0.1, 0.15) is 5.82 Å². The van der Waals surface area contributed by atoms with Crippen molar-refractivity contribution in [2.75, 3.05) is 51.3 Å². The van der Waals surface area contributed by atoms with Gasteiger partial charge in [0, 0.05) is 44.3 Å². The molecular weight excluding hydrogens is 321 g/mol. The highest BCUT2D eigenvalue weighted by atomic mass is 19.1. The van der Waals surface area contributed by atoms with Crippen molar-refractivity contribution < 1.29 is 13.9 Å². The molecule has 1 aromatic carbocycles. The zero-order valence-electron chi connectivity index (χ0n) is 14.8. The van der Waals surface area contributed by atoms with Crippen molar-refractivity contribution in [2.45, 2.75) is 31.7 Å². The van der Waals surface area contributed by atoms with Crippen molar-refractivity contribution in [3.05, 3.63) is 30.1 Å². The SMILES string of the molecule is O=C(CCN1CCCCC1CN1CCOCC1)Nc1cccc(F)c1. The number of ether oxygens (including phenoxy) is 1. The third-order valence-electron chi connectivity index (χ3n) is 5.06. The van der Waals surface area contributed by atoms with Gasteiger partial charge in [0.2, 0.25) is 5.91 Å². The third-order valence-corrected chi connectivity index (χ3v) is 5.06. The Morgan fingerprint density at radius 3 is 2.88 bits per heavy atom. The van der Waals surface area contributed by atoms with E-state index in [1.165, 1.54) is 31.4 Å². The van der Waals surface area contributed by atoms with Crippen molar-refractivity contribution >= 4 is 11.6 Å². The number of likely N-dealkylation sites (tertiary alicyclic amines) is 1. The molecule has 2 saturated heterocycles. The smallest absolute Gasteiger partial charge is 0.225 e. The fourth-order valence-electron chi connectivity index (χ4n) is 3.68. The highest BCUT2D eigenvalue weighted by molar-refractivity contribution is 5.90. The fourth-order valence-corrected chi connectivity index (χ4v) is 3.68. The van der Waals surface area contributed by atoms with Crippen LogP contribution < -0.4 is 5.32 Å². The molecule has 5 nitrogen and oxygen atoms in total. The van der Waals surface area contributed by atoms with Crippen LogP contribution in [0.2, 0.25) is 0 Å². The molecular formula is C19H28FN3O2. The number of carbonyl (C=O) groups is 1. The normalized spacial score (nSPS) is 22.7. The number of rotatable bonds is 6. The van der Waals surface area contributed by atoms with Gasteiger partial charge in [-0.1, -0.05) is 12.5 Å². The zero-order valence-corrected chi connectivity index (χ0v) is 14.8. The lowest BCUT2D eigenvalue weighted by Gasteiger charge is -2.39. The van der Waals surface area contributed by atoms with E-state index >= 15 is 0 Å². The average molecular weight is 349 g/mol. The Morgan fingerprint density at radius 1 is 1.24 bits per heavy atom. The topological polar surface area (TPSA) is 44.8 Å². The molecule has 2 aliphatic heterocycles. The number of carbonyl (C=O) groups excluding carboxylic acids is 1. The summed E-state index contributed by atoms with van der Waals surface area (Å²) in [7, 11) is 0. The van der Waals surface area contributed by atoms with Gasteiger partial charge in [-0.15, -0.1) is 0 Å². The minimum Gasteiger partial charge on any atom is -0.379 e. The van der Waals surface area contributed by atoms with Crippen LogP contribution in [-0.4, -0.2) is 67.7 Å². The van der Waals surface area contributed by atoms with E-state index in [0.717, 1.165) is 45.9 Å². The summed E-state index contributed by atoms with van der Waals surface area (Å²) in [5.41, 5.74) is 0.522. The maximum atomic E-state index is 13.2. The molecule has 1 unspecified atom stereocenters. The quantitative estimate of drug-likeness (QED) is 0.856. The lowest BCUT2D eigenvalue weighted by Crippen LogP contribution is -2.49. The summed E-state index contributed by atoms with van der Waals surface area (Å²) in [5.74, 6) is -0.388. The van der Waals surface area contributed by atoms with E-state index in [9.17, 15) is 9.18 Å². The molecule has 1 atom stereocenters. The summed E-state index contributed by atoms with van der Waals surface area (Å²) in [4.78, 5) is 17.1. The summed E-state index contributed by atoms with van der Waals surface area (Å²) in [6.45, 7) is 6.54. The van der Waals surface area contributed by atoms with Crippen molar-refractivity contribution in [2.24, 2.45) is 0 Å². The molecule has 2 aliphatic rings. The van der Waals surface area contributed by atoms with Gasteiger partial charge >= 0.3 is 0 Å². The number of piperidine rings is 1. The van der Waals surface area contributed by atoms with Crippen molar-refractivity contribution in [1.29, 1.82) is 0 Å². The predicted molar refractivity (Wildman–Crippen MR) is 96.1 cm³/mol. The average Bonchev–Trinajstić information content (AvgIpc) is 2.62. The van der Waals surface area contributed by atoms with Crippen LogP contribution in [0.25, 0.3) is 0 Å². The van der Waals surface area contributed by atoms with E-state index in [0.29, 0.717) is 18.2 Å². The van der Waals surface area contributed by atoms with E-state index in [4.69, 9.17) is 4.74 Å². The minimum atomic E-state index is -0.334. The van der Waals surface area contributed by atoms with Crippen LogP contribution in [0.1, 0.15) is 25.7 Å². The van der Waals surface area contributed by atoms with E-state index in [1.54, 1.807) is 12.1 Å². The van der Waals surface area contributed by atoms with Gasteiger partial charge in [-0.25, -0.2) is 4.39 Å². The number of hydrogen-bond donors (Lipinski definition) is 1. The Kier molecular flexibility index (Phi) is 6.78. The highest BCUT2D eigenvalue weighted by Crippen LogP contribution is 2.19. The second-order valence-corrected chi connectivity index (χ2v) is 6.91. The molecule has 0 aromatic heterocycles. The molecule has 0 bridgehead atoms. The maximum absolute atomic E-state index is 13.2. The van der Waals surface area contributed by atoms with Gasteiger partial charge < -0.3 is 10.1 Å². The monoisotopic (exact) mass is 349 g/mol. The van der Waals surface area contributed by atoms with Crippen LogP contribution in [0.5, 0.6) is 0 Å². The van der Waals surface area contributed by atoms with Gasteiger partial charge in [-0.2, -0.15) is 0 Å². The Hall–Kier alpha value is -1.50. The molecule has 1 aromatic rings. The van der Waals surface area contributed by atoms with Crippen LogP contribution in [0.4, 0.5) is 10.1 Å². The Morgan fingerprint density at radius 2 is 2.08 bits per heavy atom. The predicted octanol–water partition coefficient (Wildman–Crippen LogP) is 2.34. The first-order chi connectivity index (χ1) is 12.2. The number of morpholine rings is 1. The van der Waals surface area contributed by atoms with Crippen LogP contribution in [-0.2, 0) is 9.53 Å². The molecule has 0 spiro atoms. The second-order valence-electron chi connectivity index (χ2n) is 6.91. The maximum Gasteiger partial charge on any atom is 0.225 e. The Labute approximate surface area is 149 Å². The molecule has 0 aliphatic carbocycles. The number of benzene rings is 1.